The first-order chi connectivity index (χ1) is 6.27. The Morgan fingerprint density at radius 2 is 2.23 bits per heavy atom. The lowest BCUT2D eigenvalue weighted by Gasteiger charge is -2.15. The third-order valence-electron chi connectivity index (χ3n) is 3.48. The summed E-state index contributed by atoms with van der Waals surface area (Å²) in [6.45, 7) is 4.00. The van der Waals surface area contributed by atoms with Crippen molar-refractivity contribution in [1.29, 1.82) is 5.26 Å². The van der Waals surface area contributed by atoms with E-state index in [2.05, 4.69) is 11.4 Å². The van der Waals surface area contributed by atoms with Crippen LogP contribution in [0.2, 0.25) is 0 Å². The molecule has 2 nitrogen and oxygen atoms in total. The van der Waals surface area contributed by atoms with Crippen molar-refractivity contribution >= 4 is 0 Å². The minimum Gasteiger partial charge on any atom is -0.315 e. The average molecular weight is 178 g/mol. The molecule has 0 aromatic carbocycles. The number of nitrogens with zero attached hydrogens (tertiary/aromatic N) is 1. The fourth-order valence-electron chi connectivity index (χ4n) is 2.17. The third-order valence-corrected chi connectivity index (χ3v) is 3.48. The van der Waals surface area contributed by atoms with Gasteiger partial charge >= 0.3 is 0 Å². The molecule has 2 aliphatic rings. The van der Waals surface area contributed by atoms with Crippen molar-refractivity contribution in [2.75, 3.05) is 13.1 Å². The molecule has 0 saturated heterocycles. The van der Waals surface area contributed by atoms with E-state index in [-0.39, 0.29) is 5.92 Å². The van der Waals surface area contributed by atoms with Crippen molar-refractivity contribution in [2.24, 2.45) is 17.3 Å². The molecule has 1 unspecified atom stereocenters. The van der Waals surface area contributed by atoms with Crippen LogP contribution in [0.3, 0.4) is 0 Å². The van der Waals surface area contributed by atoms with Gasteiger partial charge in [0.15, 0.2) is 0 Å². The Labute approximate surface area is 80.3 Å². The number of nitriles is 1. The van der Waals surface area contributed by atoms with E-state index in [1.165, 1.54) is 25.7 Å². The summed E-state index contributed by atoms with van der Waals surface area (Å²) >= 11 is 0. The first-order valence-corrected chi connectivity index (χ1v) is 5.37. The highest BCUT2D eigenvalue weighted by Gasteiger charge is 2.53. The normalized spacial score (nSPS) is 26.5. The quantitative estimate of drug-likeness (QED) is 0.698. The van der Waals surface area contributed by atoms with Gasteiger partial charge in [0.05, 0.1) is 12.0 Å². The van der Waals surface area contributed by atoms with Crippen LogP contribution in [0.15, 0.2) is 0 Å². The molecular formula is C11H18N2. The molecule has 0 aliphatic heterocycles. The van der Waals surface area contributed by atoms with Crippen LogP contribution in [-0.4, -0.2) is 13.1 Å². The van der Waals surface area contributed by atoms with Crippen LogP contribution in [0.25, 0.3) is 0 Å². The molecule has 2 aliphatic carbocycles. The highest BCUT2D eigenvalue weighted by Crippen LogP contribution is 2.60. The van der Waals surface area contributed by atoms with Crippen LogP contribution >= 0.6 is 0 Å². The summed E-state index contributed by atoms with van der Waals surface area (Å²) in [6.07, 6.45) is 5.75. The van der Waals surface area contributed by atoms with Gasteiger partial charge in [-0.15, -0.1) is 0 Å². The summed E-state index contributed by atoms with van der Waals surface area (Å²) in [5.74, 6) is 1.19. The zero-order valence-electron chi connectivity index (χ0n) is 8.34. The Hall–Kier alpha value is -0.550. The van der Waals surface area contributed by atoms with E-state index in [1.54, 1.807) is 0 Å². The van der Waals surface area contributed by atoms with Gasteiger partial charge in [0, 0.05) is 13.1 Å². The Morgan fingerprint density at radius 1 is 1.54 bits per heavy atom. The predicted molar refractivity (Wildman–Crippen MR) is 52.0 cm³/mol. The summed E-state index contributed by atoms with van der Waals surface area (Å²) < 4.78 is 0. The van der Waals surface area contributed by atoms with Gasteiger partial charge in [-0.05, 0) is 43.9 Å². The monoisotopic (exact) mass is 178 g/mol. The Bertz CT molecular complexity index is 221. The minimum atomic E-state index is 0.162. The van der Waals surface area contributed by atoms with Crippen LogP contribution in [0.1, 0.15) is 32.6 Å². The number of nitrogens with one attached hydrogen (secondary N) is 1. The molecule has 2 saturated carbocycles. The zero-order chi connectivity index (χ0) is 9.31. The smallest absolute Gasteiger partial charge is 0.0666 e. The minimum absolute atomic E-state index is 0.162. The molecule has 2 heteroatoms. The lowest BCUT2D eigenvalue weighted by molar-refractivity contribution is 0.397. The fourth-order valence-corrected chi connectivity index (χ4v) is 2.17. The highest BCUT2D eigenvalue weighted by molar-refractivity contribution is 5.05. The first kappa shape index (κ1) is 9.02. The van der Waals surface area contributed by atoms with E-state index in [0.29, 0.717) is 5.41 Å². The molecule has 72 valence electrons. The van der Waals surface area contributed by atoms with Crippen LogP contribution in [-0.2, 0) is 0 Å². The molecule has 0 radical (unpaired) electrons. The second kappa shape index (κ2) is 3.31. The second-order valence-corrected chi connectivity index (χ2v) is 4.80. The van der Waals surface area contributed by atoms with Crippen molar-refractivity contribution in [2.45, 2.75) is 32.6 Å². The third kappa shape index (κ3) is 2.03. The van der Waals surface area contributed by atoms with Gasteiger partial charge in [0.2, 0.25) is 0 Å². The van der Waals surface area contributed by atoms with Crippen molar-refractivity contribution in [3.05, 3.63) is 0 Å². The van der Waals surface area contributed by atoms with Crippen LogP contribution in [0, 0.1) is 28.6 Å². The van der Waals surface area contributed by atoms with Gasteiger partial charge < -0.3 is 5.32 Å². The maximum absolute atomic E-state index is 8.61. The standard InChI is InChI=1S/C11H18N2/c1-9(6-12)7-13-8-11(4-5-11)10-2-3-10/h9-10,13H,2-5,7-8H2,1H3. The molecule has 1 atom stereocenters. The zero-order valence-corrected chi connectivity index (χ0v) is 8.34. The average Bonchev–Trinajstić information content (AvgIpc) is 2.96. The van der Waals surface area contributed by atoms with Crippen LogP contribution in [0.5, 0.6) is 0 Å². The number of hydrogen-bond acceptors (Lipinski definition) is 2. The van der Waals surface area contributed by atoms with E-state index in [1.807, 2.05) is 6.92 Å². The van der Waals surface area contributed by atoms with E-state index in [9.17, 15) is 0 Å². The van der Waals surface area contributed by atoms with E-state index >= 15 is 0 Å². The topological polar surface area (TPSA) is 35.8 Å². The van der Waals surface area contributed by atoms with Gasteiger partial charge in [-0.2, -0.15) is 5.26 Å². The molecule has 0 bridgehead atoms. The molecule has 0 heterocycles. The van der Waals surface area contributed by atoms with Crippen LogP contribution in [0.4, 0.5) is 0 Å². The number of hydrogen-bond donors (Lipinski definition) is 1. The second-order valence-electron chi connectivity index (χ2n) is 4.80. The fraction of sp³-hybridized carbons (Fsp3) is 0.909. The highest BCUT2D eigenvalue weighted by atomic mass is 14.9. The van der Waals surface area contributed by atoms with Gasteiger partial charge in [-0.3, -0.25) is 0 Å². The summed E-state index contributed by atoms with van der Waals surface area (Å²) in [5, 5.41) is 12.0. The molecule has 0 aromatic heterocycles. The Kier molecular flexibility index (Phi) is 2.29. The first-order valence-electron chi connectivity index (χ1n) is 5.37. The largest absolute Gasteiger partial charge is 0.315 e. The van der Waals surface area contributed by atoms with Gasteiger partial charge in [0.25, 0.3) is 0 Å². The van der Waals surface area contributed by atoms with Crippen molar-refractivity contribution in [3.8, 4) is 6.07 Å². The SMILES string of the molecule is CC(C#N)CNCC1(C2CC2)CC1. The van der Waals surface area contributed by atoms with Crippen molar-refractivity contribution in [1.82, 2.24) is 5.32 Å². The lowest BCUT2D eigenvalue weighted by Crippen LogP contribution is -2.28. The van der Waals surface area contributed by atoms with E-state index < -0.39 is 0 Å². The van der Waals surface area contributed by atoms with Gasteiger partial charge in [-0.25, -0.2) is 0 Å². The molecule has 13 heavy (non-hydrogen) atoms. The molecular weight excluding hydrogens is 160 g/mol. The predicted octanol–water partition coefficient (Wildman–Crippen LogP) is 1.93. The molecule has 1 N–H and O–H groups in total. The van der Waals surface area contributed by atoms with Crippen molar-refractivity contribution in [3.63, 3.8) is 0 Å². The Balaban J connectivity index is 1.65. The maximum Gasteiger partial charge on any atom is 0.0666 e. The number of rotatable bonds is 5. The summed E-state index contributed by atoms with van der Waals surface area (Å²) in [5.41, 5.74) is 0.676. The molecule has 2 fully saturated rings. The van der Waals surface area contributed by atoms with Gasteiger partial charge in [0.1, 0.15) is 0 Å². The summed E-state index contributed by atoms with van der Waals surface area (Å²) in [6, 6.07) is 2.25. The molecule has 0 amide bonds. The maximum atomic E-state index is 8.61. The van der Waals surface area contributed by atoms with Gasteiger partial charge in [-0.1, -0.05) is 0 Å². The lowest BCUT2D eigenvalue weighted by atomic mass is 10.0. The van der Waals surface area contributed by atoms with Crippen molar-refractivity contribution < 1.29 is 0 Å². The summed E-state index contributed by atoms with van der Waals surface area (Å²) in [7, 11) is 0. The molecule has 0 aromatic rings. The van der Waals surface area contributed by atoms with E-state index in [4.69, 9.17) is 5.26 Å². The summed E-state index contributed by atoms with van der Waals surface area (Å²) in [4.78, 5) is 0. The molecule has 2 rings (SSSR count). The molecule has 0 spiro atoms. The van der Waals surface area contributed by atoms with E-state index in [0.717, 1.165) is 19.0 Å². The van der Waals surface area contributed by atoms with Crippen LogP contribution < -0.4 is 5.32 Å². The Morgan fingerprint density at radius 3 is 2.69 bits per heavy atom.